The minimum Gasteiger partial charge on any atom is -0.503 e. The lowest BCUT2D eigenvalue weighted by molar-refractivity contribution is 0.177. The molecule has 4 rings (SSSR count). The van der Waals surface area contributed by atoms with Gasteiger partial charge < -0.3 is 5.11 Å². The van der Waals surface area contributed by atoms with E-state index in [2.05, 4.69) is 0 Å². The first-order valence-electron chi connectivity index (χ1n) is 8.27. The van der Waals surface area contributed by atoms with Gasteiger partial charge in [-0.2, -0.15) is 8.42 Å². The van der Waals surface area contributed by atoms with Gasteiger partial charge in [-0.15, -0.1) is 0 Å². The summed E-state index contributed by atoms with van der Waals surface area (Å²) in [6.07, 6.45) is 0. The number of hydrogen-bond acceptors (Lipinski definition) is 4. The van der Waals surface area contributed by atoms with Crippen LogP contribution in [0.1, 0.15) is 22.3 Å². The maximum atomic E-state index is 14.3. The zero-order valence-electron chi connectivity index (χ0n) is 14.7. The minimum absolute atomic E-state index is 0.0767. The van der Waals surface area contributed by atoms with Crippen molar-refractivity contribution in [1.82, 2.24) is 0 Å². The first-order valence-corrected chi connectivity index (χ1v) is 9.68. The summed E-state index contributed by atoms with van der Waals surface area (Å²) in [4.78, 5) is -0.310. The van der Waals surface area contributed by atoms with E-state index in [4.69, 9.17) is 4.18 Å². The van der Waals surface area contributed by atoms with Crippen LogP contribution in [0.4, 0.5) is 17.6 Å². The molecule has 0 aliphatic carbocycles. The van der Waals surface area contributed by atoms with Gasteiger partial charge in [0.25, 0.3) is 10.1 Å². The van der Waals surface area contributed by atoms with Crippen molar-refractivity contribution in [1.29, 1.82) is 0 Å². The third-order valence-electron chi connectivity index (χ3n) is 4.88. The van der Waals surface area contributed by atoms with E-state index < -0.39 is 50.3 Å². The molecule has 0 fully saturated rings. The molecule has 1 N–H and O–H groups in total. The summed E-state index contributed by atoms with van der Waals surface area (Å²) in [6, 6.07) is 8.39. The summed E-state index contributed by atoms with van der Waals surface area (Å²) in [5.41, 5.74) is -3.38. The molecule has 0 amide bonds. The summed E-state index contributed by atoms with van der Waals surface area (Å²) >= 11 is 0. The standard InChI is InChI=1S/C20H12F4O4S/c1-10-14(21)6-11(7-15(10)22)20(12-8-16(23)19(25)17(24)9-12)13-4-2-3-5-18(13)29(26,27)28-20/h2-9,25H,1H3. The lowest BCUT2D eigenvalue weighted by atomic mass is 9.80. The van der Waals surface area contributed by atoms with Gasteiger partial charge >= 0.3 is 0 Å². The number of halogens is 4. The predicted molar refractivity (Wildman–Crippen MR) is 93.7 cm³/mol. The molecule has 0 radical (unpaired) electrons. The number of phenols is 1. The Balaban J connectivity index is 2.16. The topological polar surface area (TPSA) is 63.6 Å². The van der Waals surface area contributed by atoms with E-state index in [-0.39, 0.29) is 21.6 Å². The van der Waals surface area contributed by atoms with Gasteiger partial charge in [0.2, 0.25) is 0 Å². The number of hydrogen-bond donors (Lipinski definition) is 1. The average Bonchev–Trinajstić information content (AvgIpc) is 2.92. The van der Waals surface area contributed by atoms with Crippen LogP contribution in [0.5, 0.6) is 5.75 Å². The first kappa shape index (κ1) is 19.4. The number of aromatic hydroxyl groups is 1. The first-order chi connectivity index (χ1) is 13.6. The molecule has 9 heteroatoms. The van der Waals surface area contributed by atoms with E-state index in [0.717, 1.165) is 12.1 Å². The maximum absolute atomic E-state index is 14.3. The second-order valence-electron chi connectivity index (χ2n) is 6.57. The van der Waals surface area contributed by atoms with E-state index in [1.807, 2.05) is 0 Å². The Morgan fingerprint density at radius 1 is 0.862 bits per heavy atom. The molecule has 150 valence electrons. The molecule has 0 bridgehead atoms. The molecule has 1 aliphatic heterocycles. The van der Waals surface area contributed by atoms with Gasteiger partial charge in [0.05, 0.1) is 0 Å². The number of fused-ring (bicyclic) bond motifs is 1. The molecule has 1 unspecified atom stereocenters. The maximum Gasteiger partial charge on any atom is 0.298 e. The van der Waals surface area contributed by atoms with Crippen LogP contribution in [0.2, 0.25) is 0 Å². The zero-order chi connectivity index (χ0) is 21.1. The SMILES string of the molecule is Cc1c(F)cc(C2(c3cc(F)c(O)c(F)c3)OS(=O)(=O)c3ccccc32)cc1F. The summed E-state index contributed by atoms with van der Waals surface area (Å²) in [6.45, 7) is 1.18. The van der Waals surface area contributed by atoms with Crippen LogP contribution >= 0.6 is 0 Å². The highest BCUT2D eigenvalue weighted by Crippen LogP contribution is 2.51. The number of phenolic OH excluding ortho intramolecular Hbond substituents is 1. The van der Waals surface area contributed by atoms with Gasteiger partial charge in [-0.3, -0.25) is 0 Å². The van der Waals surface area contributed by atoms with E-state index in [1.54, 1.807) is 0 Å². The summed E-state index contributed by atoms with van der Waals surface area (Å²) in [5, 5.41) is 9.42. The van der Waals surface area contributed by atoms with Gasteiger partial charge in [0, 0.05) is 22.3 Å². The largest absolute Gasteiger partial charge is 0.503 e. The van der Waals surface area contributed by atoms with Crippen LogP contribution in [0.25, 0.3) is 0 Å². The molecule has 0 saturated carbocycles. The van der Waals surface area contributed by atoms with Crippen LogP contribution in [-0.2, 0) is 19.9 Å². The van der Waals surface area contributed by atoms with Gasteiger partial charge in [-0.1, -0.05) is 18.2 Å². The van der Waals surface area contributed by atoms with Crippen molar-refractivity contribution in [2.45, 2.75) is 17.4 Å². The molecule has 29 heavy (non-hydrogen) atoms. The molecular weight excluding hydrogens is 412 g/mol. The van der Waals surface area contributed by atoms with Crippen molar-refractivity contribution >= 4 is 10.1 Å². The number of rotatable bonds is 2. The monoisotopic (exact) mass is 424 g/mol. The summed E-state index contributed by atoms with van der Waals surface area (Å²) < 4.78 is 87.5. The fourth-order valence-corrected chi connectivity index (χ4v) is 4.85. The van der Waals surface area contributed by atoms with Crippen LogP contribution in [0.3, 0.4) is 0 Å². The van der Waals surface area contributed by atoms with Crippen LogP contribution in [0.15, 0.2) is 53.4 Å². The van der Waals surface area contributed by atoms with Crippen molar-refractivity contribution < 1.29 is 35.3 Å². The molecule has 3 aromatic rings. The predicted octanol–water partition coefficient (Wildman–Crippen LogP) is 4.27. The highest BCUT2D eigenvalue weighted by atomic mass is 32.2. The third kappa shape index (κ3) is 2.72. The van der Waals surface area contributed by atoms with E-state index in [0.29, 0.717) is 12.1 Å². The number of benzene rings is 3. The van der Waals surface area contributed by atoms with E-state index in [9.17, 15) is 31.1 Å². The molecular formula is C20H12F4O4S. The Hall–Kier alpha value is -2.91. The van der Waals surface area contributed by atoms with Crippen molar-refractivity contribution in [2.75, 3.05) is 0 Å². The Morgan fingerprint density at radius 3 is 1.90 bits per heavy atom. The second kappa shape index (κ2) is 6.30. The van der Waals surface area contributed by atoms with Crippen molar-refractivity contribution in [3.63, 3.8) is 0 Å². The molecule has 0 saturated heterocycles. The highest BCUT2D eigenvalue weighted by Gasteiger charge is 2.52. The highest BCUT2D eigenvalue weighted by molar-refractivity contribution is 7.87. The molecule has 1 heterocycles. The second-order valence-corrected chi connectivity index (χ2v) is 8.08. The van der Waals surface area contributed by atoms with Crippen LogP contribution in [-0.4, -0.2) is 13.5 Å². The van der Waals surface area contributed by atoms with Gasteiger partial charge in [-0.25, -0.2) is 21.7 Å². The molecule has 3 aromatic carbocycles. The quantitative estimate of drug-likeness (QED) is 0.493. The smallest absolute Gasteiger partial charge is 0.298 e. The Labute approximate surface area is 163 Å². The Morgan fingerprint density at radius 2 is 1.34 bits per heavy atom. The van der Waals surface area contributed by atoms with Gasteiger partial charge in [-0.05, 0) is 37.3 Å². The van der Waals surface area contributed by atoms with Crippen LogP contribution < -0.4 is 0 Å². The van der Waals surface area contributed by atoms with E-state index in [1.165, 1.54) is 31.2 Å². The zero-order valence-corrected chi connectivity index (χ0v) is 15.5. The molecule has 0 aromatic heterocycles. The lowest BCUT2D eigenvalue weighted by Crippen LogP contribution is -2.30. The summed E-state index contributed by atoms with van der Waals surface area (Å²) in [7, 11) is -4.43. The van der Waals surface area contributed by atoms with Gasteiger partial charge in [0.1, 0.15) is 16.5 Å². The fourth-order valence-electron chi connectivity index (χ4n) is 3.42. The minimum atomic E-state index is -4.43. The van der Waals surface area contributed by atoms with Crippen molar-refractivity contribution in [3.8, 4) is 5.75 Å². The molecule has 0 spiro atoms. The summed E-state index contributed by atoms with van der Waals surface area (Å²) in [5.74, 6) is -6.05. The molecule has 1 atom stereocenters. The Bertz CT molecular complexity index is 1170. The van der Waals surface area contributed by atoms with Crippen LogP contribution in [0, 0.1) is 30.2 Å². The Kier molecular flexibility index (Phi) is 4.21. The molecule has 1 aliphatic rings. The van der Waals surface area contributed by atoms with Crippen molar-refractivity contribution in [2.24, 2.45) is 0 Å². The molecule has 4 nitrogen and oxygen atoms in total. The fraction of sp³-hybridized carbons (Fsp3) is 0.100. The van der Waals surface area contributed by atoms with Crippen molar-refractivity contribution in [3.05, 3.63) is 94.1 Å². The third-order valence-corrected chi connectivity index (χ3v) is 6.25. The lowest BCUT2D eigenvalue weighted by Gasteiger charge is -2.30. The normalized spacial score (nSPS) is 19.9. The average molecular weight is 424 g/mol. The van der Waals surface area contributed by atoms with Gasteiger partial charge in [0.15, 0.2) is 23.0 Å². The van der Waals surface area contributed by atoms with E-state index >= 15 is 0 Å².